The zero-order chi connectivity index (χ0) is 11.7. The van der Waals surface area contributed by atoms with E-state index >= 15 is 0 Å². The first-order chi connectivity index (χ1) is 8.34. The minimum Gasteiger partial charge on any atom is -0.367 e. The van der Waals surface area contributed by atoms with Crippen LogP contribution in [0.1, 0.15) is 10.4 Å². The molecule has 1 aliphatic heterocycles. The van der Waals surface area contributed by atoms with Gasteiger partial charge in [-0.05, 0) is 18.2 Å². The first-order valence-corrected chi connectivity index (χ1v) is 5.64. The monoisotopic (exact) mass is 231 g/mol. The molecule has 2 N–H and O–H groups in total. The zero-order valence-corrected chi connectivity index (χ0v) is 9.27. The minimum absolute atomic E-state index is 0.0219. The van der Waals surface area contributed by atoms with Crippen molar-refractivity contribution in [2.75, 3.05) is 19.7 Å². The fourth-order valence-corrected chi connectivity index (χ4v) is 2.01. The van der Waals surface area contributed by atoms with Crippen LogP contribution in [0.25, 0.3) is 11.0 Å². The fraction of sp³-hybridized carbons (Fsp3) is 0.333. The van der Waals surface area contributed by atoms with Gasteiger partial charge in [0, 0.05) is 18.7 Å². The molecule has 2 heterocycles. The molecule has 17 heavy (non-hydrogen) atoms. The number of hydrogen-bond acceptors (Lipinski definition) is 4. The van der Waals surface area contributed by atoms with Gasteiger partial charge in [-0.25, -0.2) is 4.98 Å². The molecule has 1 aliphatic rings. The molecular weight excluding hydrogens is 218 g/mol. The second kappa shape index (κ2) is 4.27. The lowest BCUT2D eigenvalue weighted by Crippen LogP contribution is -2.43. The summed E-state index contributed by atoms with van der Waals surface area (Å²) in [4.78, 5) is 19.3. The average Bonchev–Trinajstić information content (AvgIpc) is 2.86. The highest BCUT2D eigenvalue weighted by molar-refractivity contribution is 6.01. The molecule has 0 spiro atoms. The number of nitrogens with one attached hydrogen (secondary N) is 2. The van der Waals surface area contributed by atoms with E-state index in [-0.39, 0.29) is 11.9 Å². The lowest BCUT2D eigenvalue weighted by atomic mass is 10.0. The highest BCUT2D eigenvalue weighted by Gasteiger charge is 2.23. The third-order valence-corrected chi connectivity index (χ3v) is 2.92. The van der Waals surface area contributed by atoms with Gasteiger partial charge in [-0.1, -0.05) is 0 Å². The Balaban J connectivity index is 1.88. The summed E-state index contributed by atoms with van der Waals surface area (Å²) in [5, 5.41) is 3.15. The van der Waals surface area contributed by atoms with Crippen molar-refractivity contribution in [2.24, 2.45) is 0 Å². The molecule has 2 aromatic rings. The van der Waals surface area contributed by atoms with Crippen molar-refractivity contribution < 1.29 is 9.53 Å². The number of nitrogens with zero attached hydrogens (tertiary/aromatic N) is 1. The summed E-state index contributed by atoms with van der Waals surface area (Å²) in [7, 11) is 0. The Labute approximate surface area is 98.2 Å². The average molecular weight is 231 g/mol. The van der Waals surface area contributed by atoms with Crippen molar-refractivity contribution in [1.82, 2.24) is 15.3 Å². The van der Waals surface area contributed by atoms with Gasteiger partial charge in [0.05, 0.1) is 24.0 Å². The maximum atomic E-state index is 12.2. The quantitative estimate of drug-likeness (QED) is 0.748. The van der Waals surface area contributed by atoms with E-state index in [1.165, 1.54) is 0 Å². The maximum Gasteiger partial charge on any atom is 0.192 e. The SMILES string of the molecule is O=C(c1ccc2nc[nH]c2c1)C1CNCCO1. The summed E-state index contributed by atoms with van der Waals surface area (Å²) < 4.78 is 5.45. The summed E-state index contributed by atoms with van der Waals surface area (Å²) in [6.45, 7) is 1.98. The predicted octanol–water partition coefficient (Wildman–Crippen LogP) is 0.734. The highest BCUT2D eigenvalue weighted by atomic mass is 16.5. The van der Waals surface area contributed by atoms with Crippen molar-refractivity contribution in [3.63, 3.8) is 0 Å². The number of aromatic amines is 1. The minimum atomic E-state index is -0.371. The lowest BCUT2D eigenvalue weighted by molar-refractivity contribution is 0.0269. The number of carbonyl (C=O) groups is 1. The van der Waals surface area contributed by atoms with Gasteiger partial charge in [0.25, 0.3) is 0 Å². The second-order valence-electron chi connectivity index (χ2n) is 4.06. The standard InChI is InChI=1S/C12H13N3O2/c16-12(11-6-13-3-4-17-11)8-1-2-9-10(5-8)15-7-14-9/h1-2,5,7,11,13H,3-4,6H2,(H,14,15). The molecular formula is C12H13N3O2. The van der Waals surface area contributed by atoms with E-state index < -0.39 is 0 Å². The van der Waals surface area contributed by atoms with E-state index in [4.69, 9.17) is 4.74 Å². The van der Waals surface area contributed by atoms with Crippen molar-refractivity contribution in [3.8, 4) is 0 Å². The van der Waals surface area contributed by atoms with Gasteiger partial charge in [-0.15, -0.1) is 0 Å². The molecule has 88 valence electrons. The lowest BCUT2D eigenvalue weighted by Gasteiger charge is -2.22. The van der Waals surface area contributed by atoms with E-state index in [9.17, 15) is 4.79 Å². The van der Waals surface area contributed by atoms with Crippen LogP contribution in [0.3, 0.4) is 0 Å². The smallest absolute Gasteiger partial charge is 0.192 e. The number of benzene rings is 1. The number of rotatable bonds is 2. The molecule has 1 unspecified atom stereocenters. The van der Waals surface area contributed by atoms with Crippen LogP contribution in [-0.4, -0.2) is 41.6 Å². The van der Waals surface area contributed by atoms with E-state index in [1.54, 1.807) is 12.4 Å². The molecule has 1 atom stereocenters. The first-order valence-electron chi connectivity index (χ1n) is 5.64. The van der Waals surface area contributed by atoms with Gasteiger partial charge in [0.1, 0.15) is 6.10 Å². The molecule has 1 aromatic carbocycles. The van der Waals surface area contributed by atoms with Crippen LogP contribution in [0.4, 0.5) is 0 Å². The number of imidazole rings is 1. The molecule has 1 saturated heterocycles. The molecule has 0 aliphatic carbocycles. The van der Waals surface area contributed by atoms with Crippen molar-refractivity contribution >= 4 is 16.8 Å². The van der Waals surface area contributed by atoms with Gasteiger partial charge in [-0.3, -0.25) is 4.79 Å². The van der Waals surface area contributed by atoms with Gasteiger partial charge >= 0.3 is 0 Å². The Morgan fingerprint density at radius 2 is 2.41 bits per heavy atom. The third-order valence-electron chi connectivity index (χ3n) is 2.92. The number of carbonyl (C=O) groups excluding carboxylic acids is 1. The molecule has 1 fully saturated rings. The normalized spacial score (nSPS) is 20.6. The third kappa shape index (κ3) is 1.94. The number of Topliss-reactive ketones (excluding diaryl/α,β-unsaturated/α-hetero) is 1. The van der Waals surface area contributed by atoms with Gasteiger partial charge < -0.3 is 15.0 Å². The van der Waals surface area contributed by atoms with E-state index in [0.717, 1.165) is 17.6 Å². The topological polar surface area (TPSA) is 67.0 Å². The van der Waals surface area contributed by atoms with E-state index in [1.807, 2.05) is 12.1 Å². The summed E-state index contributed by atoms with van der Waals surface area (Å²) in [5.41, 5.74) is 2.40. The van der Waals surface area contributed by atoms with Crippen molar-refractivity contribution in [2.45, 2.75) is 6.10 Å². The Kier molecular flexibility index (Phi) is 2.62. The molecule has 0 amide bonds. The number of aromatic nitrogens is 2. The molecule has 3 rings (SSSR count). The predicted molar refractivity (Wildman–Crippen MR) is 63.0 cm³/mol. The molecule has 0 bridgehead atoms. The largest absolute Gasteiger partial charge is 0.367 e. The summed E-state index contributed by atoms with van der Waals surface area (Å²) in [6.07, 6.45) is 1.25. The van der Waals surface area contributed by atoms with Gasteiger partial charge in [0.15, 0.2) is 5.78 Å². The van der Waals surface area contributed by atoms with Crippen LogP contribution < -0.4 is 5.32 Å². The number of morpholine rings is 1. The second-order valence-corrected chi connectivity index (χ2v) is 4.06. The number of fused-ring (bicyclic) bond motifs is 1. The molecule has 0 saturated carbocycles. The van der Waals surface area contributed by atoms with E-state index in [2.05, 4.69) is 15.3 Å². The van der Waals surface area contributed by atoms with Crippen LogP contribution in [0, 0.1) is 0 Å². The number of ether oxygens (including phenoxy) is 1. The van der Waals surface area contributed by atoms with Crippen molar-refractivity contribution in [1.29, 1.82) is 0 Å². The summed E-state index contributed by atoms with van der Waals surface area (Å²) >= 11 is 0. The van der Waals surface area contributed by atoms with Crippen LogP contribution in [0.5, 0.6) is 0 Å². The summed E-state index contributed by atoms with van der Waals surface area (Å²) in [6, 6.07) is 5.46. The Morgan fingerprint density at radius 1 is 1.47 bits per heavy atom. The van der Waals surface area contributed by atoms with Crippen molar-refractivity contribution in [3.05, 3.63) is 30.1 Å². The fourth-order valence-electron chi connectivity index (χ4n) is 2.01. The van der Waals surface area contributed by atoms with Gasteiger partial charge in [0.2, 0.25) is 0 Å². The van der Waals surface area contributed by atoms with Crippen LogP contribution in [-0.2, 0) is 4.74 Å². The number of ketones is 1. The summed E-state index contributed by atoms with van der Waals surface area (Å²) in [5.74, 6) is 0.0219. The van der Waals surface area contributed by atoms with Crippen LogP contribution in [0.15, 0.2) is 24.5 Å². The maximum absolute atomic E-state index is 12.2. The Hall–Kier alpha value is -1.72. The first kappa shape index (κ1) is 10.4. The number of H-pyrrole nitrogens is 1. The molecule has 1 aromatic heterocycles. The van der Waals surface area contributed by atoms with Crippen LogP contribution in [0.2, 0.25) is 0 Å². The number of hydrogen-bond donors (Lipinski definition) is 2. The molecule has 5 heteroatoms. The van der Waals surface area contributed by atoms with Gasteiger partial charge in [-0.2, -0.15) is 0 Å². The molecule has 5 nitrogen and oxygen atoms in total. The Morgan fingerprint density at radius 3 is 3.24 bits per heavy atom. The zero-order valence-electron chi connectivity index (χ0n) is 9.27. The Bertz CT molecular complexity index is 543. The van der Waals surface area contributed by atoms with Crippen LogP contribution >= 0.6 is 0 Å². The van der Waals surface area contributed by atoms with E-state index in [0.29, 0.717) is 18.7 Å². The highest BCUT2D eigenvalue weighted by Crippen LogP contribution is 2.14. The molecule has 0 radical (unpaired) electrons.